The minimum atomic E-state index is -0.542. The Hall–Kier alpha value is -3.64. The van der Waals surface area contributed by atoms with E-state index < -0.39 is 11.2 Å². The van der Waals surface area contributed by atoms with Crippen molar-refractivity contribution in [1.29, 1.82) is 5.26 Å². The molecule has 0 saturated carbocycles. The summed E-state index contributed by atoms with van der Waals surface area (Å²) in [6.07, 6.45) is 3.28. The Morgan fingerprint density at radius 1 is 1.11 bits per heavy atom. The molecule has 0 aliphatic carbocycles. The van der Waals surface area contributed by atoms with E-state index in [1.54, 1.807) is 24.4 Å². The second kappa shape index (κ2) is 9.19. The Balaban J connectivity index is 1.85. The highest BCUT2D eigenvalue weighted by molar-refractivity contribution is 7.22. The summed E-state index contributed by atoms with van der Waals surface area (Å²) >= 11 is 13.9. The lowest BCUT2D eigenvalue weighted by molar-refractivity contribution is 0.415. The third-order valence-electron chi connectivity index (χ3n) is 5.67. The quantitative estimate of drug-likeness (QED) is 0.297. The lowest BCUT2D eigenvalue weighted by atomic mass is 10.1. The smallest absolute Gasteiger partial charge is 0.336 e. The Morgan fingerprint density at radius 2 is 1.91 bits per heavy atom. The van der Waals surface area contributed by atoms with Crippen LogP contribution >= 0.6 is 34.5 Å². The number of halogens is 2. The Labute approximate surface area is 213 Å². The number of thiophene rings is 1. The topological polar surface area (TPSA) is 89.9 Å². The van der Waals surface area contributed by atoms with Crippen molar-refractivity contribution >= 4 is 55.5 Å². The van der Waals surface area contributed by atoms with Gasteiger partial charge < -0.3 is 4.74 Å². The number of methoxy groups -OCH3 is 1. The van der Waals surface area contributed by atoms with E-state index in [0.29, 0.717) is 42.1 Å². The molecule has 0 fully saturated rings. The SMILES string of the molecule is COc1cc(-c2cc3c(s2)c(=O)n(-c2cncc4ccccc24)c(=O)n3CCC#N)c(Cl)cc1Cl. The lowest BCUT2D eigenvalue weighted by Gasteiger charge is -2.12. The molecule has 0 atom stereocenters. The standard InChI is InChI=1S/C25H16Cl2N4O3S/c1-34-21-9-16(17(26)10-18(21)27)22-11-19-23(35-22)24(32)31(25(33)30(19)8-4-7-28)20-13-29-12-14-5-2-3-6-15(14)20/h2-3,5-6,9-13H,4,8H2,1H3. The minimum Gasteiger partial charge on any atom is -0.495 e. The fraction of sp³-hybridized carbons (Fsp3) is 0.120. The number of aromatic nitrogens is 3. The van der Waals surface area contributed by atoms with Gasteiger partial charge in [0.1, 0.15) is 10.4 Å². The summed E-state index contributed by atoms with van der Waals surface area (Å²) in [5, 5.41) is 11.4. The average Bonchev–Trinajstić information content (AvgIpc) is 3.29. The minimum absolute atomic E-state index is 0.0989. The number of aryl methyl sites for hydroxylation is 1. The van der Waals surface area contributed by atoms with Crippen molar-refractivity contribution in [3.63, 3.8) is 0 Å². The molecule has 3 heterocycles. The zero-order chi connectivity index (χ0) is 24.7. The van der Waals surface area contributed by atoms with Crippen LogP contribution in [0.2, 0.25) is 10.0 Å². The fourth-order valence-electron chi connectivity index (χ4n) is 4.02. The van der Waals surface area contributed by atoms with Crippen molar-refractivity contribution in [2.75, 3.05) is 7.11 Å². The zero-order valence-electron chi connectivity index (χ0n) is 18.3. The number of hydrogen-bond acceptors (Lipinski definition) is 6. The molecule has 3 aromatic heterocycles. The molecule has 2 aromatic carbocycles. The highest BCUT2D eigenvalue weighted by Gasteiger charge is 2.21. The summed E-state index contributed by atoms with van der Waals surface area (Å²) in [6.45, 7) is 0.123. The van der Waals surface area contributed by atoms with E-state index in [9.17, 15) is 14.9 Å². The van der Waals surface area contributed by atoms with Gasteiger partial charge in [0.25, 0.3) is 5.56 Å². The first-order chi connectivity index (χ1) is 16.9. The van der Waals surface area contributed by atoms with Crippen LogP contribution in [-0.2, 0) is 6.54 Å². The van der Waals surface area contributed by atoms with Gasteiger partial charge in [-0.05, 0) is 18.2 Å². The van der Waals surface area contributed by atoms with Crippen LogP contribution < -0.4 is 16.0 Å². The van der Waals surface area contributed by atoms with Gasteiger partial charge in [-0.1, -0.05) is 47.5 Å². The van der Waals surface area contributed by atoms with Crippen LogP contribution in [0, 0.1) is 11.3 Å². The third-order valence-corrected chi connectivity index (χ3v) is 7.42. The summed E-state index contributed by atoms with van der Waals surface area (Å²) in [5.74, 6) is 0.435. The molecule has 0 saturated heterocycles. The number of fused-ring (bicyclic) bond motifs is 2. The second-order valence-electron chi connectivity index (χ2n) is 7.65. The van der Waals surface area contributed by atoms with Crippen LogP contribution in [0.4, 0.5) is 0 Å². The van der Waals surface area contributed by atoms with E-state index in [-0.39, 0.29) is 13.0 Å². The first-order valence-electron chi connectivity index (χ1n) is 10.5. The van der Waals surface area contributed by atoms with Gasteiger partial charge >= 0.3 is 5.69 Å². The number of nitrogens with zero attached hydrogens (tertiary/aromatic N) is 4. The molecule has 5 rings (SSSR count). The fourth-order valence-corrected chi connectivity index (χ4v) is 5.76. The molecule has 0 aliphatic heterocycles. The van der Waals surface area contributed by atoms with Gasteiger partial charge in [0, 0.05) is 34.0 Å². The molecule has 0 spiro atoms. The first-order valence-corrected chi connectivity index (χ1v) is 12.0. The van der Waals surface area contributed by atoms with Crippen molar-refractivity contribution in [2.24, 2.45) is 0 Å². The van der Waals surface area contributed by atoms with Gasteiger partial charge in [-0.2, -0.15) is 5.26 Å². The van der Waals surface area contributed by atoms with E-state index in [2.05, 4.69) is 11.1 Å². The molecule has 10 heteroatoms. The summed E-state index contributed by atoms with van der Waals surface area (Å²) in [5.41, 5.74) is 0.424. The maximum atomic E-state index is 13.7. The lowest BCUT2D eigenvalue weighted by Crippen LogP contribution is -2.38. The van der Waals surface area contributed by atoms with Crippen molar-refractivity contribution < 1.29 is 4.74 Å². The second-order valence-corrected chi connectivity index (χ2v) is 9.52. The van der Waals surface area contributed by atoms with Crippen LogP contribution in [0.3, 0.4) is 0 Å². The summed E-state index contributed by atoms with van der Waals surface area (Å²) in [7, 11) is 1.50. The summed E-state index contributed by atoms with van der Waals surface area (Å²) in [4.78, 5) is 32.3. The Kier molecular flexibility index (Phi) is 6.07. The predicted molar refractivity (Wildman–Crippen MR) is 139 cm³/mol. The summed E-state index contributed by atoms with van der Waals surface area (Å²) in [6, 6.07) is 14.5. The van der Waals surface area contributed by atoms with E-state index >= 15 is 0 Å². The average molecular weight is 523 g/mol. The summed E-state index contributed by atoms with van der Waals surface area (Å²) < 4.78 is 8.25. The monoisotopic (exact) mass is 522 g/mol. The van der Waals surface area contributed by atoms with E-state index in [1.807, 2.05) is 24.3 Å². The van der Waals surface area contributed by atoms with Crippen molar-refractivity contribution in [2.45, 2.75) is 13.0 Å². The van der Waals surface area contributed by atoms with Gasteiger partial charge in [-0.25, -0.2) is 9.36 Å². The van der Waals surface area contributed by atoms with Crippen molar-refractivity contribution in [3.8, 4) is 27.9 Å². The van der Waals surface area contributed by atoms with Crippen LogP contribution in [0.25, 0.3) is 37.1 Å². The van der Waals surface area contributed by atoms with E-state index in [0.717, 1.165) is 15.3 Å². The van der Waals surface area contributed by atoms with Crippen LogP contribution in [-0.4, -0.2) is 21.2 Å². The molecule has 7 nitrogen and oxygen atoms in total. The first kappa shape index (κ1) is 23.1. The molecule has 5 aromatic rings. The van der Waals surface area contributed by atoms with Gasteiger partial charge in [0.15, 0.2) is 0 Å². The number of benzene rings is 2. The maximum Gasteiger partial charge on any atom is 0.336 e. The van der Waals surface area contributed by atoms with Crippen LogP contribution in [0.15, 0.2) is 64.4 Å². The third kappa shape index (κ3) is 3.88. The van der Waals surface area contributed by atoms with Gasteiger partial charge in [-0.3, -0.25) is 14.3 Å². The molecule has 0 radical (unpaired) electrons. The number of pyridine rings is 1. The van der Waals surface area contributed by atoms with E-state index in [4.69, 9.17) is 27.9 Å². The molecule has 0 bridgehead atoms. The highest BCUT2D eigenvalue weighted by Crippen LogP contribution is 2.40. The Morgan fingerprint density at radius 3 is 2.69 bits per heavy atom. The van der Waals surface area contributed by atoms with Crippen molar-refractivity contribution in [3.05, 3.63) is 85.7 Å². The highest BCUT2D eigenvalue weighted by atomic mass is 35.5. The molecule has 0 N–H and O–H groups in total. The molecule has 174 valence electrons. The van der Waals surface area contributed by atoms with Crippen molar-refractivity contribution in [1.82, 2.24) is 14.1 Å². The van der Waals surface area contributed by atoms with Gasteiger partial charge in [0.2, 0.25) is 0 Å². The van der Waals surface area contributed by atoms with E-state index in [1.165, 1.54) is 29.2 Å². The normalized spacial score (nSPS) is 11.1. The zero-order valence-corrected chi connectivity index (χ0v) is 20.6. The van der Waals surface area contributed by atoms with Crippen LogP contribution in [0.5, 0.6) is 5.75 Å². The predicted octanol–water partition coefficient (Wildman–Crippen LogP) is 5.66. The molecule has 0 amide bonds. The molecular formula is C25H16Cl2N4O3S. The largest absolute Gasteiger partial charge is 0.495 e. The molecule has 0 aliphatic rings. The number of rotatable bonds is 5. The maximum absolute atomic E-state index is 13.7. The van der Waals surface area contributed by atoms with Crippen LogP contribution in [0.1, 0.15) is 6.42 Å². The number of hydrogen-bond donors (Lipinski definition) is 0. The number of nitriles is 1. The molecular weight excluding hydrogens is 507 g/mol. The molecule has 35 heavy (non-hydrogen) atoms. The number of ether oxygens (including phenoxy) is 1. The van der Waals surface area contributed by atoms with Gasteiger partial charge in [-0.15, -0.1) is 11.3 Å². The molecule has 0 unspecified atom stereocenters. The Bertz CT molecular complexity index is 1780. The van der Waals surface area contributed by atoms with Gasteiger partial charge in [0.05, 0.1) is 47.0 Å².